The van der Waals surface area contributed by atoms with Crippen molar-refractivity contribution in [2.75, 3.05) is 0 Å². The summed E-state index contributed by atoms with van der Waals surface area (Å²) in [5.74, 6) is -1.12. The molecule has 0 aliphatic heterocycles. The standard InChI is InChI=1S/C11H21NO3/c1-6-7(2)8(3)9(13)12-11(4,5)10(14)15/h7-8H,6H2,1-5H3,(H,12,13)(H,14,15). The highest BCUT2D eigenvalue weighted by molar-refractivity contribution is 5.87. The van der Waals surface area contributed by atoms with E-state index in [4.69, 9.17) is 5.11 Å². The summed E-state index contributed by atoms with van der Waals surface area (Å²) < 4.78 is 0. The van der Waals surface area contributed by atoms with E-state index in [2.05, 4.69) is 5.32 Å². The van der Waals surface area contributed by atoms with E-state index in [1.54, 1.807) is 0 Å². The largest absolute Gasteiger partial charge is 0.480 e. The molecule has 0 aromatic carbocycles. The van der Waals surface area contributed by atoms with Gasteiger partial charge in [-0.25, -0.2) is 4.79 Å². The van der Waals surface area contributed by atoms with Gasteiger partial charge in [0.1, 0.15) is 5.54 Å². The first-order valence-corrected chi connectivity index (χ1v) is 5.27. The second kappa shape index (κ2) is 5.14. The number of nitrogens with one attached hydrogen (secondary N) is 1. The molecule has 0 bridgehead atoms. The fourth-order valence-corrected chi connectivity index (χ4v) is 1.09. The lowest BCUT2D eigenvalue weighted by Gasteiger charge is -2.25. The van der Waals surface area contributed by atoms with Crippen LogP contribution in [0.25, 0.3) is 0 Å². The second-order valence-electron chi connectivity index (χ2n) is 4.59. The Morgan fingerprint density at radius 3 is 2.13 bits per heavy atom. The molecule has 0 radical (unpaired) electrons. The maximum atomic E-state index is 11.7. The summed E-state index contributed by atoms with van der Waals surface area (Å²) in [5.41, 5.74) is -1.20. The van der Waals surface area contributed by atoms with Gasteiger partial charge >= 0.3 is 5.97 Å². The third kappa shape index (κ3) is 3.90. The summed E-state index contributed by atoms with van der Waals surface area (Å²) in [7, 11) is 0. The summed E-state index contributed by atoms with van der Waals surface area (Å²) in [5, 5.41) is 11.4. The number of aliphatic carboxylic acids is 1. The van der Waals surface area contributed by atoms with E-state index in [0.29, 0.717) is 0 Å². The van der Waals surface area contributed by atoms with Crippen LogP contribution in [0, 0.1) is 11.8 Å². The van der Waals surface area contributed by atoms with E-state index in [-0.39, 0.29) is 17.7 Å². The maximum absolute atomic E-state index is 11.7. The Hall–Kier alpha value is -1.06. The zero-order valence-corrected chi connectivity index (χ0v) is 10.1. The van der Waals surface area contributed by atoms with Crippen molar-refractivity contribution in [3.05, 3.63) is 0 Å². The van der Waals surface area contributed by atoms with E-state index in [1.165, 1.54) is 13.8 Å². The SMILES string of the molecule is CCC(C)C(C)C(=O)NC(C)(C)C(=O)O. The van der Waals surface area contributed by atoms with Gasteiger partial charge in [-0.2, -0.15) is 0 Å². The van der Waals surface area contributed by atoms with Gasteiger partial charge in [-0.1, -0.05) is 27.2 Å². The first kappa shape index (κ1) is 13.9. The Bertz CT molecular complexity index is 248. The molecule has 2 N–H and O–H groups in total. The Morgan fingerprint density at radius 2 is 1.80 bits per heavy atom. The third-order valence-corrected chi connectivity index (χ3v) is 2.88. The molecule has 0 saturated heterocycles. The molecule has 0 aromatic heterocycles. The molecule has 4 heteroatoms. The lowest BCUT2D eigenvalue weighted by Crippen LogP contribution is -2.51. The van der Waals surface area contributed by atoms with Crippen molar-refractivity contribution in [1.82, 2.24) is 5.32 Å². The fraction of sp³-hybridized carbons (Fsp3) is 0.818. The first-order chi connectivity index (χ1) is 6.72. The lowest BCUT2D eigenvalue weighted by molar-refractivity contribution is -0.146. The number of carbonyl (C=O) groups is 2. The van der Waals surface area contributed by atoms with Crippen molar-refractivity contribution in [2.45, 2.75) is 46.6 Å². The quantitative estimate of drug-likeness (QED) is 0.732. The lowest BCUT2D eigenvalue weighted by atomic mass is 9.92. The van der Waals surface area contributed by atoms with Crippen molar-refractivity contribution in [2.24, 2.45) is 11.8 Å². The highest BCUT2D eigenvalue weighted by Gasteiger charge is 2.31. The molecule has 0 heterocycles. The van der Waals surface area contributed by atoms with Gasteiger partial charge in [-0.3, -0.25) is 4.79 Å². The molecular weight excluding hydrogens is 194 g/mol. The minimum Gasteiger partial charge on any atom is -0.480 e. The molecule has 4 nitrogen and oxygen atoms in total. The zero-order chi connectivity index (χ0) is 12.2. The van der Waals surface area contributed by atoms with Crippen molar-refractivity contribution < 1.29 is 14.7 Å². The van der Waals surface area contributed by atoms with E-state index in [1.807, 2.05) is 20.8 Å². The maximum Gasteiger partial charge on any atom is 0.328 e. The topological polar surface area (TPSA) is 66.4 Å². The molecule has 0 saturated carbocycles. The van der Waals surface area contributed by atoms with Crippen LogP contribution < -0.4 is 5.32 Å². The molecule has 0 rings (SSSR count). The Balaban J connectivity index is 4.43. The molecule has 0 fully saturated rings. The molecule has 2 unspecified atom stereocenters. The van der Waals surface area contributed by atoms with Crippen LogP contribution in [0.2, 0.25) is 0 Å². The van der Waals surface area contributed by atoms with Crippen LogP contribution in [0.15, 0.2) is 0 Å². The van der Waals surface area contributed by atoms with Gasteiger partial charge in [0.05, 0.1) is 0 Å². The van der Waals surface area contributed by atoms with Gasteiger partial charge in [-0.05, 0) is 19.8 Å². The van der Waals surface area contributed by atoms with Gasteiger partial charge in [0.2, 0.25) is 5.91 Å². The number of carboxylic acids is 1. The molecule has 0 aliphatic rings. The van der Waals surface area contributed by atoms with Crippen LogP contribution in [-0.4, -0.2) is 22.5 Å². The fourth-order valence-electron chi connectivity index (χ4n) is 1.09. The molecule has 0 spiro atoms. The molecule has 15 heavy (non-hydrogen) atoms. The van der Waals surface area contributed by atoms with E-state index < -0.39 is 11.5 Å². The minimum atomic E-state index is -1.20. The van der Waals surface area contributed by atoms with Crippen molar-refractivity contribution in [3.63, 3.8) is 0 Å². The molecule has 1 amide bonds. The molecule has 2 atom stereocenters. The molecule has 88 valence electrons. The minimum absolute atomic E-state index is 0.159. The average Bonchev–Trinajstić information content (AvgIpc) is 2.14. The molecular formula is C11H21NO3. The summed E-state index contributed by atoms with van der Waals surface area (Å²) in [4.78, 5) is 22.5. The van der Waals surface area contributed by atoms with Crippen LogP contribution in [0.4, 0.5) is 0 Å². The van der Waals surface area contributed by atoms with Crippen molar-refractivity contribution in [1.29, 1.82) is 0 Å². The number of hydrogen-bond donors (Lipinski definition) is 2. The Morgan fingerprint density at radius 1 is 1.33 bits per heavy atom. The van der Waals surface area contributed by atoms with Crippen LogP contribution in [0.5, 0.6) is 0 Å². The monoisotopic (exact) mass is 215 g/mol. The number of carboxylic acid groups (broad SMARTS) is 1. The van der Waals surface area contributed by atoms with E-state index >= 15 is 0 Å². The van der Waals surface area contributed by atoms with Gasteiger partial charge in [0.15, 0.2) is 0 Å². The van der Waals surface area contributed by atoms with Crippen molar-refractivity contribution in [3.8, 4) is 0 Å². The van der Waals surface area contributed by atoms with Gasteiger partial charge in [0, 0.05) is 5.92 Å². The highest BCUT2D eigenvalue weighted by Crippen LogP contribution is 2.16. The van der Waals surface area contributed by atoms with Gasteiger partial charge in [-0.15, -0.1) is 0 Å². The predicted molar refractivity (Wildman–Crippen MR) is 58.5 cm³/mol. The molecule has 0 aliphatic carbocycles. The van der Waals surface area contributed by atoms with Gasteiger partial charge in [0.25, 0.3) is 0 Å². The van der Waals surface area contributed by atoms with Crippen LogP contribution >= 0.6 is 0 Å². The normalized spacial score (nSPS) is 15.5. The van der Waals surface area contributed by atoms with E-state index in [0.717, 1.165) is 6.42 Å². The summed E-state index contributed by atoms with van der Waals surface area (Å²) in [6.45, 7) is 8.78. The highest BCUT2D eigenvalue weighted by atomic mass is 16.4. The number of rotatable bonds is 5. The Kier molecular flexibility index (Phi) is 4.78. The summed E-state index contributed by atoms with van der Waals surface area (Å²) in [6.07, 6.45) is 0.905. The summed E-state index contributed by atoms with van der Waals surface area (Å²) >= 11 is 0. The average molecular weight is 215 g/mol. The smallest absolute Gasteiger partial charge is 0.328 e. The third-order valence-electron chi connectivity index (χ3n) is 2.88. The van der Waals surface area contributed by atoms with Crippen LogP contribution in [0.3, 0.4) is 0 Å². The number of amides is 1. The first-order valence-electron chi connectivity index (χ1n) is 5.27. The predicted octanol–water partition coefficient (Wildman–Crippen LogP) is 1.65. The summed E-state index contributed by atoms with van der Waals surface area (Å²) in [6, 6.07) is 0. The number of carbonyl (C=O) groups excluding carboxylic acids is 1. The van der Waals surface area contributed by atoms with Gasteiger partial charge < -0.3 is 10.4 Å². The van der Waals surface area contributed by atoms with Crippen molar-refractivity contribution >= 4 is 11.9 Å². The molecule has 0 aromatic rings. The Labute approximate surface area is 91.1 Å². The van der Waals surface area contributed by atoms with Crippen LogP contribution in [0.1, 0.15) is 41.0 Å². The van der Waals surface area contributed by atoms with Crippen LogP contribution in [-0.2, 0) is 9.59 Å². The number of hydrogen-bond acceptors (Lipinski definition) is 2. The van der Waals surface area contributed by atoms with E-state index in [9.17, 15) is 9.59 Å². The second-order valence-corrected chi connectivity index (χ2v) is 4.59. The zero-order valence-electron chi connectivity index (χ0n) is 10.1.